The minimum atomic E-state index is -0.471. The van der Waals surface area contributed by atoms with Crippen LogP contribution >= 0.6 is 11.6 Å². The van der Waals surface area contributed by atoms with Crippen LogP contribution in [0.4, 0.5) is 0 Å². The van der Waals surface area contributed by atoms with E-state index in [1.165, 1.54) is 19.5 Å². The lowest BCUT2D eigenvalue weighted by Crippen LogP contribution is -2.02. The van der Waals surface area contributed by atoms with Crippen molar-refractivity contribution in [3.63, 3.8) is 0 Å². The maximum absolute atomic E-state index is 10.8. The molecule has 0 aliphatic carbocycles. The fourth-order valence-electron chi connectivity index (χ4n) is 0.536. The number of carbonyl (C=O) groups excluding carboxylic acids is 1. The second-order valence-corrected chi connectivity index (χ2v) is 2.07. The molecule has 1 aromatic heterocycles. The average molecular weight is 203 g/mol. The van der Waals surface area contributed by atoms with Crippen LogP contribution in [-0.4, -0.2) is 23.0 Å². The van der Waals surface area contributed by atoms with Crippen molar-refractivity contribution in [1.29, 1.82) is 0 Å². The molecular weight excluding hydrogens is 192 g/mol. The van der Waals surface area contributed by atoms with Crippen molar-refractivity contribution in [2.45, 2.75) is 13.8 Å². The summed E-state index contributed by atoms with van der Waals surface area (Å²) >= 11 is 5.39. The van der Waals surface area contributed by atoms with E-state index in [1.54, 1.807) is 0 Å². The molecule has 0 spiro atoms. The number of hydrogen-bond acceptors (Lipinski definition) is 4. The van der Waals surface area contributed by atoms with Gasteiger partial charge in [0.25, 0.3) is 0 Å². The molecule has 1 rings (SSSR count). The van der Waals surface area contributed by atoms with E-state index in [-0.39, 0.29) is 10.8 Å². The number of halogens is 1. The Labute approximate surface area is 81.9 Å². The first-order chi connectivity index (χ1) is 6.24. The first kappa shape index (κ1) is 11.8. The normalized spacial score (nSPS) is 8.31. The lowest BCUT2D eigenvalue weighted by atomic mass is 10.4. The standard InChI is InChI=1S/C6H5ClN2O2.C2H6/c1-11-5(10)4-2-8-6(7)9-3-4;1-2/h2-3H,1H3;1-2H3. The molecule has 0 amide bonds. The number of methoxy groups -OCH3 is 1. The molecule has 0 saturated carbocycles. The summed E-state index contributed by atoms with van der Waals surface area (Å²) in [7, 11) is 1.29. The molecule has 0 saturated heterocycles. The smallest absolute Gasteiger partial charge is 0.341 e. The van der Waals surface area contributed by atoms with Crippen LogP contribution in [0.3, 0.4) is 0 Å². The van der Waals surface area contributed by atoms with Gasteiger partial charge in [0.05, 0.1) is 12.7 Å². The summed E-state index contributed by atoms with van der Waals surface area (Å²) in [6.45, 7) is 4.00. The highest BCUT2D eigenvalue weighted by molar-refractivity contribution is 6.28. The van der Waals surface area contributed by atoms with Crippen LogP contribution in [0.15, 0.2) is 12.4 Å². The Bertz CT molecular complexity index is 261. The van der Waals surface area contributed by atoms with Gasteiger partial charge in [0.2, 0.25) is 5.28 Å². The molecule has 4 nitrogen and oxygen atoms in total. The highest BCUT2D eigenvalue weighted by Crippen LogP contribution is 2.01. The molecule has 0 aromatic carbocycles. The van der Waals surface area contributed by atoms with E-state index in [2.05, 4.69) is 14.7 Å². The Morgan fingerprint density at radius 1 is 1.38 bits per heavy atom. The summed E-state index contributed by atoms with van der Waals surface area (Å²) in [5, 5.41) is 0.109. The Balaban J connectivity index is 0.000000671. The van der Waals surface area contributed by atoms with Crippen LogP contribution in [0.1, 0.15) is 24.2 Å². The van der Waals surface area contributed by atoms with Gasteiger partial charge in [-0.3, -0.25) is 0 Å². The van der Waals surface area contributed by atoms with Gasteiger partial charge in [-0.25, -0.2) is 14.8 Å². The van der Waals surface area contributed by atoms with Crippen LogP contribution in [0.25, 0.3) is 0 Å². The number of aromatic nitrogens is 2. The van der Waals surface area contributed by atoms with Crippen LogP contribution in [0.5, 0.6) is 0 Å². The third-order valence-corrected chi connectivity index (χ3v) is 1.24. The summed E-state index contributed by atoms with van der Waals surface area (Å²) in [6.07, 6.45) is 2.61. The molecule has 0 aliphatic rings. The Hall–Kier alpha value is -1.16. The predicted octanol–water partition coefficient (Wildman–Crippen LogP) is 1.94. The van der Waals surface area contributed by atoms with Gasteiger partial charge in [0.1, 0.15) is 0 Å². The van der Waals surface area contributed by atoms with Crippen LogP contribution < -0.4 is 0 Å². The highest BCUT2D eigenvalue weighted by Gasteiger charge is 2.04. The maximum atomic E-state index is 10.8. The van der Waals surface area contributed by atoms with Crippen molar-refractivity contribution in [2.75, 3.05) is 7.11 Å². The van der Waals surface area contributed by atoms with E-state index < -0.39 is 5.97 Å². The average Bonchev–Trinajstić information content (AvgIpc) is 2.21. The van der Waals surface area contributed by atoms with Gasteiger partial charge in [0.15, 0.2) is 0 Å². The van der Waals surface area contributed by atoms with Gasteiger partial charge in [-0.1, -0.05) is 13.8 Å². The number of rotatable bonds is 1. The molecule has 0 atom stereocenters. The highest BCUT2D eigenvalue weighted by atomic mass is 35.5. The molecule has 0 unspecified atom stereocenters. The van der Waals surface area contributed by atoms with E-state index in [1.807, 2.05) is 13.8 Å². The van der Waals surface area contributed by atoms with Crippen LogP contribution in [0.2, 0.25) is 5.28 Å². The first-order valence-corrected chi connectivity index (χ1v) is 4.17. The van der Waals surface area contributed by atoms with Gasteiger partial charge in [0, 0.05) is 12.4 Å². The van der Waals surface area contributed by atoms with Crippen LogP contribution in [0, 0.1) is 0 Å². The van der Waals surface area contributed by atoms with Gasteiger partial charge in [-0.15, -0.1) is 0 Å². The van der Waals surface area contributed by atoms with Gasteiger partial charge in [-0.2, -0.15) is 0 Å². The minimum absolute atomic E-state index is 0.109. The van der Waals surface area contributed by atoms with E-state index in [0.717, 1.165) is 0 Å². The van der Waals surface area contributed by atoms with Gasteiger partial charge in [-0.05, 0) is 11.6 Å². The topological polar surface area (TPSA) is 52.1 Å². The van der Waals surface area contributed by atoms with E-state index >= 15 is 0 Å². The zero-order valence-electron chi connectivity index (χ0n) is 7.74. The molecule has 0 bridgehead atoms. The number of hydrogen-bond donors (Lipinski definition) is 0. The lowest BCUT2D eigenvalue weighted by Gasteiger charge is -1.95. The third-order valence-electron chi connectivity index (χ3n) is 1.04. The van der Waals surface area contributed by atoms with Crippen LogP contribution in [-0.2, 0) is 4.74 Å². The van der Waals surface area contributed by atoms with E-state index in [4.69, 9.17) is 11.6 Å². The fourth-order valence-corrected chi connectivity index (χ4v) is 0.633. The summed E-state index contributed by atoms with van der Waals surface area (Å²) in [5.74, 6) is -0.471. The molecule has 72 valence electrons. The second kappa shape index (κ2) is 6.37. The minimum Gasteiger partial charge on any atom is -0.465 e. The lowest BCUT2D eigenvalue weighted by molar-refractivity contribution is 0.0600. The van der Waals surface area contributed by atoms with Gasteiger partial charge < -0.3 is 4.74 Å². The molecule has 1 heterocycles. The van der Waals surface area contributed by atoms with Crippen molar-refractivity contribution >= 4 is 17.6 Å². The monoisotopic (exact) mass is 202 g/mol. The van der Waals surface area contributed by atoms with E-state index in [0.29, 0.717) is 0 Å². The van der Waals surface area contributed by atoms with Gasteiger partial charge >= 0.3 is 5.97 Å². The molecule has 0 fully saturated rings. The SMILES string of the molecule is CC.COC(=O)c1cnc(Cl)nc1. The molecular formula is C8H11ClN2O2. The first-order valence-electron chi connectivity index (χ1n) is 3.80. The molecule has 0 N–H and O–H groups in total. The molecule has 0 aliphatic heterocycles. The molecule has 1 aromatic rings. The van der Waals surface area contributed by atoms with Crippen molar-refractivity contribution in [3.8, 4) is 0 Å². The summed E-state index contributed by atoms with van der Waals surface area (Å²) < 4.78 is 4.41. The summed E-state index contributed by atoms with van der Waals surface area (Å²) in [6, 6.07) is 0. The molecule has 0 radical (unpaired) electrons. The van der Waals surface area contributed by atoms with Crippen molar-refractivity contribution in [1.82, 2.24) is 9.97 Å². The zero-order chi connectivity index (χ0) is 10.3. The number of nitrogens with zero attached hydrogens (tertiary/aromatic N) is 2. The fraction of sp³-hybridized carbons (Fsp3) is 0.375. The number of esters is 1. The molecule has 5 heteroatoms. The summed E-state index contributed by atoms with van der Waals surface area (Å²) in [5.41, 5.74) is 0.289. The third kappa shape index (κ3) is 3.85. The largest absolute Gasteiger partial charge is 0.465 e. The van der Waals surface area contributed by atoms with Crippen molar-refractivity contribution < 1.29 is 9.53 Å². The molecule has 13 heavy (non-hydrogen) atoms. The van der Waals surface area contributed by atoms with Crippen molar-refractivity contribution in [2.24, 2.45) is 0 Å². The van der Waals surface area contributed by atoms with E-state index in [9.17, 15) is 4.79 Å². The Morgan fingerprint density at radius 3 is 2.23 bits per heavy atom. The zero-order valence-corrected chi connectivity index (χ0v) is 8.50. The number of carbonyl (C=O) groups is 1. The summed E-state index contributed by atoms with van der Waals surface area (Å²) in [4.78, 5) is 18.0. The predicted molar refractivity (Wildman–Crippen MR) is 49.7 cm³/mol. The maximum Gasteiger partial charge on any atom is 0.341 e. The quantitative estimate of drug-likeness (QED) is 0.516. The Morgan fingerprint density at radius 2 is 1.85 bits per heavy atom. The number of ether oxygens (including phenoxy) is 1. The Kier molecular flexibility index (Phi) is 5.80. The second-order valence-electron chi connectivity index (χ2n) is 1.73. The van der Waals surface area contributed by atoms with Crippen molar-refractivity contribution in [3.05, 3.63) is 23.2 Å².